The van der Waals surface area contributed by atoms with Gasteiger partial charge in [-0.05, 0) is 6.07 Å². The molecule has 72 valence electrons. The van der Waals surface area contributed by atoms with Crippen molar-refractivity contribution in [1.82, 2.24) is 0 Å². The third-order valence-electron chi connectivity index (χ3n) is 1.81. The number of benzene rings is 1. The number of rotatable bonds is 2. The van der Waals surface area contributed by atoms with Crippen LogP contribution in [0.3, 0.4) is 0 Å². The van der Waals surface area contributed by atoms with Crippen LogP contribution in [0.25, 0.3) is 11.0 Å². The molecule has 0 saturated heterocycles. The molecule has 0 aliphatic heterocycles. The van der Waals surface area contributed by atoms with Gasteiger partial charge in [0.15, 0.2) is 0 Å². The maximum Gasteiger partial charge on any atom is 0.241 e. The van der Waals surface area contributed by atoms with Gasteiger partial charge in [-0.2, -0.15) is 0 Å². The van der Waals surface area contributed by atoms with Crippen molar-refractivity contribution in [2.45, 2.75) is 0 Å². The molecule has 3 nitrogen and oxygen atoms in total. The second-order valence-electron chi connectivity index (χ2n) is 2.83. The molecule has 1 amide bonds. The Hall–Kier alpha value is -1.48. The van der Waals surface area contributed by atoms with Crippen molar-refractivity contribution in [3.05, 3.63) is 30.3 Å². The molecule has 0 atom stereocenters. The van der Waals surface area contributed by atoms with E-state index < -0.39 is 0 Å². The summed E-state index contributed by atoms with van der Waals surface area (Å²) in [6.07, 6.45) is 0. The summed E-state index contributed by atoms with van der Waals surface area (Å²) in [5, 5.41) is 3.50. The number of carbonyl (C=O) groups excluding carboxylic acids is 1. The molecule has 0 unspecified atom stereocenters. The maximum atomic E-state index is 11.0. The van der Waals surface area contributed by atoms with Crippen LogP contribution < -0.4 is 5.32 Å². The lowest BCUT2D eigenvalue weighted by molar-refractivity contribution is -0.114. The predicted molar refractivity (Wildman–Crippen MR) is 55.6 cm³/mol. The van der Waals surface area contributed by atoms with Crippen LogP contribution in [0.5, 0.6) is 0 Å². The van der Waals surface area contributed by atoms with Crippen molar-refractivity contribution in [1.29, 1.82) is 0 Å². The summed E-state index contributed by atoms with van der Waals surface area (Å²) in [5.41, 5.74) is 0.748. The van der Waals surface area contributed by atoms with Crippen molar-refractivity contribution in [2.24, 2.45) is 0 Å². The van der Waals surface area contributed by atoms with E-state index in [0.717, 1.165) is 11.0 Å². The minimum Gasteiger partial charge on any atom is -0.440 e. The van der Waals surface area contributed by atoms with Gasteiger partial charge >= 0.3 is 0 Å². The van der Waals surface area contributed by atoms with Gasteiger partial charge in [0.1, 0.15) is 11.5 Å². The number of para-hydroxylation sites is 1. The molecule has 14 heavy (non-hydrogen) atoms. The van der Waals surface area contributed by atoms with E-state index in [2.05, 4.69) is 5.32 Å². The third kappa shape index (κ3) is 1.72. The fraction of sp³-hybridized carbons (Fsp3) is 0.100. The topological polar surface area (TPSA) is 42.2 Å². The Bertz CT molecular complexity index is 431. The predicted octanol–water partition coefficient (Wildman–Crippen LogP) is 2.61. The molecule has 2 aromatic rings. The molecule has 0 bridgehead atoms. The Morgan fingerprint density at radius 3 is 2.93 bits per heavy atom. The standard InChI is InChI=1S/C10H8ClNO2/c11-6-9(13)12-10-5-7-3-1-2-4-8(7)14-10/h1-5H,6H2,(H,12,13). The van der Waals surface area contributed by atoms with E-state index in [0.29, 0.717) is 5.88 Å². The second kappa shape index (κ2) is 3.72. The number of furan rings is 1. The van der Waals surface area contributed by atoms with Crippen LogP contribution in [0, 0.1) is 0 Å². The largest absolute Gasteiger partial charge is 0.440 e. The van der Waals surface area contributed by atoms with E-state index in [4.69, 9.17) is 16.0 Å². The van der Waals surface area contributed by atoms with Crippen LogP contribution in [0.2, 0.25) is 0 Å². The second-order valence-corrected chi connectivity index (χ2v) is 3.10. The summed E-state index contributed by atoms with van der Waals surface area (Å²) in [5.74, 6) is 0.0828. The molecule has 0 aliphatic rings. The summed E-state index contributed by atoms with van der Waals surface area (Å²) in [4.78, 5) is 11.0. The number of anilines is 1. The first-order valence-electron chi connectivity index (χ1n) is 4.14. The van der Waals surface area contributed by atoms with Crippen molar-refractivity contribution in [3.8, 4) is 0 Å². The van der Waals surface area contributed by atoms with E-state index in [1.54, 1.807) is 6.07 Å². The third-order valence-corrected chi connectivity index (χ3v) is 2.05. The summed E-state index contributed by atoms with van der Waals surface area (Å²) in [6, 6.07) is 9.30. The zero-order chi connectivity index (χ0) is 9.97. The van der Waals surface area contributed by atoms with Crippen LogP contribution in [-0.4, -0.2) is 11.8 Å². The molecule has 1 aromatic heterocycles. The monoisotopic (exact) mass is 209 g/mol. The van der Waals surface area contributed by atoms with Crippen molar-refractivity contribution >= 4 is 34.4 Å². The van der Waals surface area contributed by atoms with Gasteiger partial charge in [0, 0.05) is 11.5 Å². The quantitative estimate of drug-likeness (QED) is 0.773. The van der Waals surface area contributed by atoms with Crippen molar-refractivity contribution < 1.29 is 9.21 Å². The Kier molecular flexibility index (Phi) is 2.41. The molecule has 1 heterocycles. The van der Waals surface area contributed by atoms with Gasteiger partial charge in [-0.1, -0.05) is 18.2 Å². The number of halogens is 1. The highest BCUT2D eigenvalue weighted by atomic mass is 35.5. The minimum atomic E-state index is -0.272. The number of hydrogen-bond donors (Lipinski definition) is 1. The lowest BCUT2D eigenvalue weighted by Gasteiger charge is -1.95. The van der Waals surface area contributed by atoms with Crippen molar-refractivity contribution in [2.75, 3.05) is 11.2 Å². The van der Waals surface area contributed by atoms with E-state index >= 15 is 0 Å². The van der Waals surface area contributed by atoms with Gasteiger partial charge in [-0.25, -0.2) is 0 Å². The Morgan fingerprint density at radius 1 is 1.43 bits per heavy atom. The molecule has 4 heteroatoms. The number of amides is 1. The number of nitrogens with one attached hydrogen (secondary N) is 1. The van der Waals surface area contributed by atoms with Crippen LogP contribution in [0.4, 0.5) is 5.88 Å². The summed E-state index contributed by atoms with van der Waals surface area (Å²) >= 11 is 5.35. The smallest absolute Gasteiger partial charge is 0.241 e. The normalized spacial score (nSPS) is 10.4. The molecule has 0 spiro atoms. The fourth-order valence-electron chi connectivity index (χ4n) is 1.21. The Balaban J connectivity index is 2.31. The van der Waals surface area contributed by atoms with Gasteiger partial charge in [-0.3, -0.25) is 10.1 Å². The number of alkyl halides is 1. The van der Waals surface area contributed by atoms with Gasteiger partial charge in [-0.15, -0.1) is 11.6 Å². The molecule has 0 saturated carbocycles. The number of fused-ring (bicyclic) bond motifs is 1. The van der Waals surface area contributed by atoms with Gasteiger partial charge < -0.3 is 4.42 Å². The molecule has 1 aromatic carbocycles. The highest BCUT2D eigenvalue weighted by molar-refractivity contribution is 6.29. The van der Waals surface area contributed by atoms with E-state index in [1.807, 2.05) is 24.3 Å². The summed E-state index contributed by atoms with van der Waals surface area (Å²) in [6.45, 7) is 0. The van der Waals surface area contributed by atoms with Gasteiger partial charge in [0.2, 0.25) is 11.8 Å². The summed E-state index contributed by atoms with van der Waals surface area (Å²) in [7, 11) is 0. The first-order valence-corrected chi connectivity index (χ1v) is 4.67. The Morgan fingerprint density at radius 2 is 2.21 bits per heavy atom. The van der Waals surface area contributed by atoms with E-state index in [-0.39, 0.29) is 11.8 Å². The molecular weight excluding hydrogens is 202 g/mol. The van der Waals surface area contributed by atoms with Gasteiger partial charge in [0.25, 0.3) is 0 Å². The molecule has 0 radical (unpaired) electrons. The maximum absolute atomic E-state index is 11.0. The lowest BCUT2D eigenvalue weighted by Crippen LogP contribution is -2.11. The Labute approximate surface area is 85.7 Å². The zero-order valence-corrected chi connectivity index (χ0v) is 8.04. The molecular formula is C10H8ClNO2. The minimum absolute atomic E-state index is 0.0724. The molecule has 0 fully saturated rings. The first kappa shape index (κ1) is 9.09. The summed E-state index contributed by atoms with van der Waals surface area (Å²) < 4.78 is 5.35. The highest BCUT2D eigenvalue weighted by Crippen LogP contribution is 2.22. The average Bonchev–Trinajstić information content (AvgIpc) is 2.59. The molecule has 1 N–H and O–H groups in total. The van der Waals surface area contributed by atoms with Gasteiger partial charge in [0.05, 0.1) is 0 Å². The lowest BCUT2D eigenvalue weighted by atomic mass is 10.3. The van der Waals surface area contributed by atoms with Crippen LogP contribution in [0.15, 0.2) is 34.7 Å². The average molecular weight is 210 g/mol. The zero-order valence-electron chi connectivity index (χ0n) is 7.29. The SMILES string of the molecule is O=C(CCl)Nc1cc2ccccc2o1. The van der Waals surface area contributed by atoms with Crippen LogP contribution >= 0.6 is 11.6 Å². The highest BCUT2D eigenvalue weighted by Gasteiger charge is 2.05. The first-order chi connectivity index (χ1) is 6.79. The van der Waals surface area contributed by atoms with Crippen LogP contribution in [-0.2, 0) is 4.79 Å². The number of hydrogen-bond acceptors (Lipinski definition) is 2. The van der Waals surface area contributed by atoms with Crippen LogP contribution in [0.1, 0.15) is 0 Å². The van der Waals surface area contributed by atoms with Crippen molar-refractivity contribution in [3.63, 3.8) is 0 Å². The fourth-order valence-corrected chi connectivity index (χ4v) is 1.28. The van der Waals surface area contributed by atoms with E-state index in [9.17, 15) is 4.79 Å². The van der Waals surface area contributed by atoms with E-state index in [1.165, 1.54) is 0 Å². The molecule has 2 rings (SSSR count). The number of carbonyl (C=O) groups is 1. The molecule has 0 aliphatic carbocycles.